The van der Waals surface area contributed by atoms with Gasteiger partial charge in [0.15, 0.2) is 5.13 Å². The molecule has 2 aromatic heterocycles. The third-order valence-corrected chi connectivity index (χ3v) is 4.91. The number of hydrogen-bond acceptors (Lipinski definition) is 4. The molecule has 0 saturated heterocycles. The van der Waals surface area contributed by atoms with Gasteiger partial charge in [0.25, 0.3) is 0 Å². The molecule has 6 nitrogen and oxygen atoms in total. The Kier molecular flexibility index (Phi) is 4.14. The molecule has 4 aromatic rings. The Morgan fingerprint density at radius 2 is 2.00 bits per heavy atom. The number of aromatic amines is 1. The van der Waals surface area contributed by atoms with Crippen molar-refractivity contribution in [3.63, 3.8) is 0 Å². The van der Waals surface area contributed by atoms with Gasteiger partial charge in [-0.3, -0.25) is 9.59 Å². The topological polar surface area (TPSA) is 86.9 Å². The highest BCUT2D eigenvalue weighted by Gasteiger charge is 2.10. The Bertz CT molecular complexity index is 1130. The lowest BCUT2D eigenvalue weighted by Crippen LogP contribution is -2.14. The molecule has 0 fully saturated rings. The summed E-state index contributed by atoms with van der Waals surface area (Å²) in [4.78, 5) is 31.1. The first-order valence-electron chi connectivity index (χ1n) is 8.11. The second-order valence-corrected chi connectivity index (χ2v) is 7.00. The smallest absolute Gasteiger partial charge is 0.228 e. The standard InChI is InChI=1S/C19H16N4O2S/c1-11(24)21-19-23-16-7-6-13(9-17(16)26-19)22-18(25)8-12-10-20-15-5-3-2-4-14(12)15/h2-7,9-10,20H,8H2,1H3,(H,22,25)(H,21,23,24). The number of hydrogen-bond donors (Lipinski definition) is 3. The molecule has 2 amide bonds. The number of fused-ring (bicyclic) bond motifs is 2. The van der Waals surface area contributed by atoms with Crippen molar-refractivity contribution in [3.05, 3.63) is 54.2 Å². The number of para-hydroxylation sites is 1. The lowest BCUT2D eigenvalue weighted by Gasteiger charge is -2.04. The van der Waals surface area contributed by atoms with E-state index in [1.165, 1.54) is 18.3 Å². The van der Waals surface area contributed by atoms with Crippen molar-refractivity contribution in [2.75, 3.05) is 10.6 Å². The predicted octanol–water partition coefficient (Wildman–Crippen LogP) is 3.92. The van der Waals surface area contributed by atoms with Crippen LogP contribution in [0.3, 0.4) is 0 Å². The molecule has 0 saturated carbocycles. The van der Waals surface area contributed by atoms with Crippen molar-refractivity contribution in [1.29, 1.82) is 0 Å². The number of carbonyl (C=O) groups is 2. The summed E-state index contributed by atoms with van der Waals surface area (Å²) in [6.45, 7) is 1.45. The van der Waals surface area contributed by atoms with Gasteiger partial charge < -0.3 is 15.6 Å². The van der Waals surface area contributed by atoms with Gasteiger partial charge >= 0.3 is 0 Å². The number of H-pyrrole nitrogens is 1. The van der Waals surface area contributed by atoms with E-state index < -0.39 is 0 Å². The van der Waals surface area contributed by atoms with E-state index in [2.05, 4.69) is 20.6 Å². The molecule has 130 valence electrons. The van der Waals surface area contributed by atoms with Gasteiger partial charge in [-0.25, -0.2) is 4.98 Å². The van der Waals surface area contributed by atoms with Crippen LogP contribution in [0.4, 0.5) is 10.8 Å². The van der Waals surface area contributed by atoms with Crippen LogP contribution in [0.2, 0.25) is 0 Å². The van der Waals surface area contributed by atoms with Crippen LogP contribution in [0, 0.1) is 0 Å². The molecule has 3 N–H and O–H groups in total. The Morgan fingerprint density at radius 1 is 1.15 bits per heavy atom. The fraction of sp³-hybridized carbons (Fsp3) is 0.105. The zero-order valence-electron chi connectivity index (χ0n) is 14.0. The van der Waals surface area contributed by atoms with Gasteiger partial charge in [0.1, 0.15) is 0 Å². The zero-order chi connectivity index (χ0) is 18.1. The zero-order valence-corrected chi connectivity index (χ0v) is 14.8. The Balaban J connectivity index is 1.51. The van der Waals surface area contributed by atoms with Crippen LogP contribution in [-0.4, -0.2) is 21.8 Å². The van der Waals surface area contributed by atoms with Crippen LogP contribution in [0.5, 0.6) is 0 Å². The molecule has 7 heteroatoms. The second-order valence-electron chi connectivity index (χ2n) is 5.97. The number of nitrogens with zero attached hydrogens (tertiary/aromatic N) is 1. The number of carbonyl (C=O) groups excluding carboxylic acids is 2. The molecule has 26 heavy (non-hydrogen) atoms. The number of aromatic nitrogens is 2. The van der Waals surface area contributed by atoms with Gasteiger partial charge in [0.05, 0.1) is 16.6 Å². The highest BCUT2D eigenvalue weighted by atomic mass is 32.1. The van der Waals surface area contributed by atoms with Crippen LogP contribution < -0.4 is 10.6 Å². The van der Waals surface area contributed by atoms with Gasteiger partial charge in [0.2, 0.25) is 11.8 Å². The number of amides is 2. The largest absolute Gasteiger partial charge is 0.361 e. The summed E-state index contributed by atoms with van der Waals surface area (Å²) in [5, 5.41) is 7.21. The highest BCUT2D eigenvalue weighted by Crippen LogP contribution is 2.28. The monoisotopic (exact) mass is 364 g/mol. The molecule has 4 rings (SSSR count). The van der Waals surface area contributed by atoms with E-state index in [9.17, 15) is 9.59 Å². The highest BCUT2D eigenvalue weighted by molar-refractivity contribution is 7.22. The SMILES string of the molecule is CC(=O)Nc1nc2ccc(NC(=O)Cc3c[nH]c4ccccc34)cc2s1. The fourth-order valence-corrected chi connectivity index (χ4v) is 3.81. The molecular formula is C19H16N4O2S. The molecule has 0 aliphatic heterocycles. The first kappa shape index (κ1) is 16.3. The Labute approximate surface area is 153 Å². The first-order valence-corrected chi connectivity index (χ1v) is 8.93. The van der Waals surface area contributed by atoms with Gasteiger partial charge in [-0.2, -0.15) is 0 Å². The van der Waals surface area contributed by atoms with Gasteiger partial charge in [0, 0.05) is 29.7 Å². The van der Waals surface area contributed by atoms with E-state index in [1.807, 2.05) is 48.7 Å². The van der Waals surface area contributed by atoms with Crippen LogP contribution in [0.25, 0.3) is 21.1 Å². The summed E-state index contributed by atoms with van der Waals surface area (Å²) in [7, 11) is 0. The van der Waals surface area contributed by atoms with Crippen LogP contribution >= 0.6 is 11.3 Å². The molecule has 0 bridgehead atoms. The normalized spacial score (nSPS) is 11.0. The van der Waals surface area contributed by atoms with Crippen molar-refractivity contribution < 1.29 is 9.59 Å². The minimum atomic E-state index is -0.156. The Hall–Kier alpha value is -3.19. The maximum absolute atomic E-state index is 12.4. The lowest BCUT2D eigenvalue weighted by molar-refractivity contribution is -0.116. The van der Waals surface area contributed by atoms with Crippen LogP contribution in [0.15, 0.2) is 48.7 Å². The molecule has 0 atom stereocenters. The number of anilines is 2. The molecular weight excluding hydrogens is 348 g/mol. The first-order chi connectivity index (χ1) is 12.6. The van der Waals surface area contributed by atoms with E-state index in [-0.39, 0.29) is 11.8 Å². The van der Waals surface area contributed by atoms with Gasteiger partial charge in [-0.1, -0.05) is 29.5 Å². The quantitative estimate of drug-likeness (QED) is 0.513. The molecule has 0 radical (unpaired) electrons. The van der Waals surface area contributed by atoms with E-state index >= 15 is 0 Å². The Morgan fingerprint density at radius 3 is 2.85 bits per heavy atom. The molecule has 0 unspecified atom stereocenters. The number of nitrogens with one attached hydrogen (secondary N) is 3. The van der Waals surface area contributed by atoms with Crippen molar-refractivity contribution >= 4 is 55.1 Å². The molecule has 0 aliphatic rings. The van der Waals surface area contributed by atoms with E-state index in [0.29, 0.717) is 17.2 Å². The second kappa shape index (κ2) is 6.61. The third kappa shape index (κ3) is 3.29. The summed E-state index contributed by atoms with van der Waals surface area (Å²) < 4.78 is 0.902. The average molecular weight is 364 g/mol. The van der Waals surface area contributed by atoms with Gasteiger partial charge in [-0.05, 0) is 29.8 Å². The van der Waals surface area contributed by atoms with Crippen LogP contribution in [0.1, 0.15) is 12.5 Å². The molecule has 2 aromatic carbocycles. The van der Waals surface area contributed by atoms with Crippen LogP contribution in [-0.2, 0) is 16.0 Å². The minimum Gasteiger partial charge on any atom is -0.361 e. The van der Waals surface area contributed by atoms with E-state index in [0.717, 1.165) is 26.7 Å². The van der Waals surface area contributed by atoms with Crippen molar-refractivity contribution in [2.24, 2.45) is 0 Å². The van der Waals surface area contributed by atoms with E-state index in [1.54, 1.807) is 0 Å². The minimum absolute atomic E-state index is 0.0827. The predicted molar refractivity (Wildman–Crippen MR) is 105 cm³/mol. The maximum atomic E-state index is 12.4. The summed E-state index contributed by atoms with van der Waals surface area (Å²) in [5.74, 6) is -0.239. The number of rotatable bonds is 4. The summed E-state index contributed by atoms with van der Waals surface area (Å²) in [6, 6.07) is 13.4. The molecule has 2 heterocycles. The van der Waals surface area contributed by atoms with E-state index in [4.69, 9.17) is 0 Å². The molecule has 0 aliphatic carbocycles. The summed E-state index contributed by atoms with van der Waals surface area (Å²) in [5.41, 5.74) is 3.48. The van der Waals surface area contributed by atoms with Crippen molar-refractivity contribution in [3.8, 4) is 0 Å². The van der Waals surface area contributed by atoms with Gasteiger partial charge in [-0.15, -0.1) is 0 Å². The number of thiazole rings is 1. The number of benzene rings is 2. The maximum Gasteiger partial charge on any atom is 0.228 e. The summed E-state index contributed by atoms with van der Waals surface area (Å²) >= 11 is 1.37. The van der Waals surface area contributed by atoms with Crippen molar-refractivity contribution in [1.82, 2.24) is 9.97 Å². The fourth-order valence-electron chi connectivity index (χ4n) is 2.86. The summed E-state index contributed by atoms with van der Waals surface area (Å²) in [6.07, 6.45) is 2.16. The van der Waals surface area contributed by atoms with Crippen molar-refractivity contribution in [2.45, 2.75) is 13.3 Å². The average Bonchev–Trinajstić information content (AvgIpc) is 3.17. The molecule has 0 spiro atoms. The third-order valence-electron chi connectivity index (χ3n) is 3.98. The lowest BCUT2D eigenvalue weighted by atomic mass is 10.1.